The van der Waals surface area contributed by atoms with E-state index in [0.29, 0.717) is 11.1 Å². The van der Waals surface area contributed by atoms with Crippen LogP contribution in [-0.2, 0) is 18.9 Å². The molecule has 0 spiro atoms. The summed E-state index contributed by atoms with van der Waals surface area (Å²) in [4.78, 5) is 22.8. The van der Waals surface area contributed by atoms with Gasteiger partial charge in [0.1, 0.15) is 0 Å². The van der Waals surface area contributed by atoms with E-state index in [9.17, 15) is 9.59 Å². The van der Waals surface area contributed by atoms with Gasteiger partial charge in [-0.2, -0.15) is 0 Å². The molecule has 98 valence electrons. The topological polar surface area (TPSA) is 71.1 Å². The van der Waals surface area contributed by atoms with Gasteiger partial charge in [0.2, 0.25) is 0 Å². The molecule has 6 nitrogen and oxygen atoms in total. The zero-order valence-electron chi connectivity index (χ0n) is 10.2. The fourth-order valence-electron chi connectivity index (χ4n) is 1.13. The standard InChI is InChI=1S/C12H14O6/c1-15-7-17-11(13)9-3-5-10(6-4-9)12(14)18-8-16-2/h3-6H,7-8H2,1-2H3. The number of hydrogen-bond donors (Lipinski definition) is 0. The van der Waals surface area contributed by atoms with E-state index in [0.717, 1.165) is 0 Å². The highest BCUT2D eigenvalue weighted by Gasteiger charge is 2.10. The molecule has 0 amide bonds. The molecule has 0 N–H and O–H groups in total. The monoisotopic (exact) mass is 254 g/mol. The van der Waals surface area contributed by atoms with E-state index in [1.54, 1.807) is 0 Å². The van der Waals surface area contributed by atoms with Crippen LogP contribution in [0.2, 0.25) is 0 Å². The lowest BCUT2D eigenvalue weighted by Crippen LogP contribution is -2.10. The van der Waals surface area contributed by atoms with Crippen LogP contribution in [0.25, 0.3) is 0 Å². The molecule has 0 bridgehead atoms. The number of carbonyl (C=O) groups is 2. The molecule has 1 aromatic carbocycles. The maximum absolute atomic E-state index is 11.4. The zero-order valence-corrected chi connectivity index (χ0v) is 10.2. The summed E-state index contributed by atoms with van der Waals surface area (Å²) in [5, 5.41) is 0. The third-order valence-electron chi connectivity index (χ3n) is 1.97. The molecule has 0 fully saturated rings. The SMILES string of the molecule is COCOC(=O)c1ccc(C(=O)OCOC)cc1. The second-order valence-corrected chi connectivity index (χ2v) is 3.25. The van der Waals surface area contributed by atoms with E-state index < -0.39 is 11.9 Å². The summed E-state index contributed by atoms with van der Waals surface area (Å²) in [5.41, 5.74) is 0.658. The van der Waals surface area contributed by atoms with E-state index >= 15 is 0 Å². The van der Waals surface area contributed by atoms with Crippen LogP contribution in [-0.4, -0.2) is 39.7 Å². The molecular weight excluding hydrogens is 240 g/mol. The normalized spacial score (nSPS) is 9.89. The van der Waals surface area contributed by atoms with Gasteiger partial charge in [0.25, 0.3) is 0 Å². The molecule has 0 aliphatic heterocycles. The molecule has 0 aliphatic rings. The third kappa shape index (κ3) is 4.15. The average Bonchev–Trinajstić information content (AvgIpc) is 2.42. The molecule has 0 saturated carbocycles. The fourth-order valence-corrected chi connectivity index (χ4v) is 1.13. The van der Waals surface area contributed by atoms with Crippen molar-refractivity contribution >= 4 is 11.9 Å². The van der Waals surface area contributed by atoms with Crippen LogP contribution in [0.1, 0.15) is 20.7 Å². The predicted molar refractivity (Wildman–Crippen MR) is 61.0 cm³/mol. The third-order valence-corrected chi connectivity index (χ3v) is 1.97. The smallest absolute Gasteiger partial charge is 0.340 e. The first-order valence-electron chi connectivity index (χ1n) is 5.11. The van der Waals surface area contributed by atoms with Crippen LogP contribution >= 0.6 is 0 Å². The first-order valence-corrected chi connectivity index (χ1v) is 5.11. The van der Waals surface area contributed by atoms with Crippen LogP contribution in [0.4, 0.5) is 0 Å². The molecule has 18 heavy (non-hydrogen) atoms. The molecular formula is C12H14O6. The van der Waals surface area contributed by atoms with Crippen molar-refractivity contribution in [3.63, 3.8) is 0 Å². The number of methoxy groups -OCH3 is 2. The molecule has 0 atom stereocenters. The number of esters is 2. The Hall–Kier alpha value is -1.92. The first-order chi connectivity index (χ1) is 8.69. The highest BCUT2D eigenvalue weighted by atomic mass is 16.7. The van der Waals surface area contributed by atoms with Crippen molar-refractivity contribution in [3.8, 4) is 0 Å². The summed E-state index contributed by atoms with van der Waals surface area (Å²) in [6.07, 6.45) is 0. The summed E-state index contributed by atoms with van der Waals surface area (Å²) in [6, 6.07) is 5.89. The van der Waals surface area contributed by atoms with E-state index in [1.165, 1.54) is 38.5 Å². The van der Waals surface area contributed by atoms with Gasteiger partial charge in [-0.3, -0.25) is 0 Å². The second-order valence-electron chi connectivity index (χ2n) is 3.25. The van der Waals surface area contributed by atoms with Gasteiger partial charge in [-0.15, -0.1) is 0 Å². The van der Waals surface area contributed by atoms with Gasteiger partial charge in [-0.25, -0.2) is 9.59 Å². The van der Waals surface area contributed by atoms with Crippen molar-refractivity contribution in [1.82, 2.24) is 0 Å². The Kier molecular flexibility index (Phi) is 5.83. The highest BCUT2D eigenvalue weighted by Crippen LogP contribution is 2.07. The highest BCUT2D eigenvalue weighted by molar-refractivity contribution is 5.93. The second kappa shape index (κ2) is 7.41. The Labute approximate surface area is 104 Å². The molecule has 0 aromatic heterocycles. The van der Waals surface area contributed by atoms with Gasteiger partial charge in [0.15, 0.2) is 13.6 Å². The Balaban J connectivity index is 2.62. The van der Waals surface area contributed by atoms with Gasteiger partial charge in [-0.05, 0) is 24.3 Å². The first kappa shape index (κ1) is 14.1. The van der Waals surface area contributed by atoms with Gasteiger partial charge in [-0.1, -0.05) is 0 Å². The Morgan fingerprint density at radius 1 is 0.833 bits per heavy atom. The molecule has 0 heterocycles. The van der Waals surface area contributed by atoms with Gasteiger partial charge in [0, 0.05) is 14.2 Å². The number of hydrogen-bond acceptors (Lipinski definition) is 6. The Bertz CT molecular complexity index is 359. The molecule has 6 heteroatoms. The van der Waals surface area contributed by atoms with Crippen LogP contribution in [0, 0.1) is 0 Å². The van der Waals surface area contributed by atoms with Crippen molar-refractivity contribution in [3.05, 3.63) is 35.4 Å². The molecule has 0 saturated heterocycles. The lowest BCUT2D eigenvalue weighted by Gasteiger charge is -2.05. The van der Waals surface area contributed by atoms with Crippen molar-refractivity contribution in [1.29, 1.82) is 0 Å². The largest absolute Gasteiger partial charge is 0.435 e. The maximum atomic E-state index is 11.4. The summed E-state index contributed by atoms with van der Waals surface area (Å²) < 4.78 is 18.7. The van der Waals surface area contributed by atoms with Crippen LogP contribution in [0.3, 0.4) is 0 Å². The number of rotatable bonds is 6. The van der Waals surface area contributed by atoms with E-state index in [-0.39, 0.29) is 13.6 Å². The number of carbonyl (C=O) groups excluding carboxylic acids is 2. The Morgan fingerprint density at radius 3 is 1.44 bits per heavy atom. The van der Waals surface area contributed by atoms with Crippen LogP contribution in [0.5, 0.6) is 0 Å². The summed E-state index contributed by atoms with van der Waals surface area (Å²) in [7, 11) is 2.84. The predicted octanol–water partition coefficient (Wildman–Crippen LogP) is 1.21. The van der Waals surface area contributed by atoms with Gasteiger partial charge in [0.05, 0.1) is 11.1 Å². The quantitative estimate of drug-likeness (QED) is 0.561. The fraction of sp³-hybridized carbons (Fsp3) is 0.333. The average molecular weight is 254 g/mol. The van der Waals surface area contributed by atoms with Crippen molar-refractivity contribution < 1.29 is 28.5 Å². The molecule has 0 radical (unpaired) electrons. The lowest BCUT2D eigenvalue weighted by molar-refractivity contribution is -0.0136. The van der Waals surface area contributed by atoms with Crippen molar-refractivity contribution in [2.24, 2.45) is 0 Å². The Morgan fingerprint density at radius 2 is 1.17 bits per heavy atom. The number of benzene rings is 1. The van der Waals surface area contributed by atoms with Crippen molar-refractivity contribution in [2.75, 3.05) is 27.8 Å². The number of ether oxygens (including phenoxy) is 4. The molecule has 0 aliphatic carbocycles. The minimum Gasteiger partial charge on any atom is -0.435 e. The van der Waals surface area contributed by atoms with Crippen LogP contribution in [0.15, 0.2) is 24.3 Å². The lowest BCUT2D eigenvalue weighted by atomic mass is 10.1. The van der Waals surface area contributed by atoms with E-state index in [1.807, 2.05) is 0 Å². The van der Waals surface area contributed by atoms with Crippen LogP contribution < -0.4 is 0 Å². The summed E-state index contributed by atoms with van der Waals surface area (Å²) in [5.74, 6) is -1.04. The minimum absolute atomic E-state index is 0.115. The summed E-state index contributed by atoms with van der Waals surface area (Å²) >= 11 is 0. The zero-order chi connectivity index (χ0) is 13.4. The molecule has 1 rings (SSSR count). The van der Waals surface area contributed by atoms with E-state index in [4.69, 9.17) is 9.47 Å². The minimum atomic E-state index is -0.520. The van der Waals surface area contributed by atoms with Gasteiger partial charge < -0.3 is 18.9 Å². The molecule has 0 unspecified atom stereocenters. The van der Waals surface area contributed by atoms with Gasteiger partial charge >= 0.3 is 11.9 Å². The van der Waals surface area contributed by atoms with E-state index in [2.05, 4.69) is 9.47 Å². The van der Waals surface area contributed by atoms with Crippen molar-refractivity contribution in [2.45, 2.75) is 0 Å². The molecule has 1 aromatic rings. The summed E-state index contributed by atoms with van der Waals surface area (Å²) in [6.45, 7) is -0.229. The maximum Gasteiger partial charge on any atom is 0.340 e.